The second-order valence-corrected chi connectivity index (χ2v) is 7.85. The van der Waals surface area contributed by atoms with Gasteiger partial charge in [-0.05, 0) is 35.9 Å². The van der Waals surface area contributed by atoms with Crippen LogP contribution < -0.4 is 5.32 Å². The van der Waals surface area contributed by atoms with E-state index < -0.39 is 15.9 Å². The Bertz CT molecular complexity index is 764. The molecular formula is C15H16BrN3O3S. The topological polar surface area (TPSA) is 79.4 Å². The summed E-state index contributed by atoms with van der Waals surface area (Å²) in [4.78, 5) is 16.0. The predicted molar refractivity (Wildman–Crippen MR) is 92.3 cm³/mol. The molecule has 1 amide bonds. The standard InChI is InChI=1S/C15H16BrN3O3S/c1-23(21,22)19(10-12-3-2-8-17-9-12)11-15(20)18-14-6-4-13(16)5-7-14/h2-9H,10-11H2,1H3,(H,18,20). The van der Waals surface area contributed by atoms with Crippen molar-refractivity contribution in [2.24, 2.45) is 0 Å². The number of carbonyl (C=O) groups excluding carboxylic acids is 1. The first-order valence-electron chi connectivity index (χ1n) is 6.74. The molecule has 0 radical (unpaired) electrons. The highest BCUT2D eigenvalue weighted by Crippen LogP contribution is 2.14. The summed E-state index contributed by atoms with van der Waals surface area (Å²) < 4.78 is 25.8. The molecule has 23 heavy (non-hydrogen) atoms. The van der Waals surface area contributed by atoms with Gasteiger partial charge in [0.25, 0.3) is 0 Å². The summed E-state index contributed by atoms with van der Waals surface area (Å²) in [6, 6.07) is 10.5. The van der Waals surface area contributed by atoms with Crippen LogP contribution in [0.4, 0.5) is 5.69 Å². The first kappa shape index (κ1) is 17.6. The molecule has 6 nitrogen and oxygen atoms in total. The van der Waals surface area contributed by atoms with Gasteiger partial charge in [0.15, 0.2) is 0 Å². The molecule has 1 aromatic carbocycles. The van der Waals surface area contributed by atoms with Crippen molar-refractivity contribution in [2.45, 2.75) is 6.54 Å². The van der Waals surface area contributed by atoms with E-state index in [0.29, 0.717) is 5.69 Å². The van der Waals surface area contributed by atoms with Crippen LogP contribution in [0.15, 0.2) is 53.3 Å². The Kier molecular flexibility index (Phi) is 5.86. The lowest BCUT2D eigenvalue weighted by molar-refractivity contribution is -0.116. The van der Waals surface area contributed by atoms with Crippen molar-refractivity contribution in [1.29, 1.82) is 0 Å². The van der Waals surface area contributed by atoms with E-state index in [4.69, 9.17) is 0 Å². The minimum absolute atomic E-state index is 0.0976. The van der Waals surface area contributed by atoms with Gasteiger partial charge in [-0.2, -0.15) is 4.31 Å². The smallest absolute Gasteiger partial charge is 0.239 e. The monoisotopic (exact) mass is 397 g/mol. The number of aromatic nitrogens is 1. The number of hydrogen-bond acceptors (Lipinski definition) is 4. The van der Waals surface area contributed by atoms with Crippen LogP contribution in [0.25, 0.3) is 0 Å². The highest BCUT2D eigenvalue weighted by molar-refractivity contribution is 9.10. The number of nitrogens with zero attached hydrogens (tertiary/aromatic N) is 2. The Balaban J connectivity index is 2.05. The van der Waals surface area contributed by atoms with E-state index in [9.17, 15) is 13.2 Å². The van der Waals surface area contributed by atoms with Crippen LogP contribution in [-0.4, -0.2) is 36.4 Å². The Hall–Kier alpha value is -1.77. The minimum atomic E-state index is -3.52. The number of pyridine rings is 1. The number of carbonyl (C=O) groups is 1. The molecule has 0 saturated heterocycles. The highest BCUT2D eigenvalue weighted by Gasteiger charge is 2.20. The molecule has 0 atom stereocenters. The molecule has 1 heterocycles. The zero-order chi connectivity index (χ0) is 16.9. The number of amides is 1. The third-order valence-electron chi connectivity index (χ3n) is 3.00. The molecule has 1 aromatic heterocycles. The van der Waals surface area contributed by atoms with E-state index in [1.807, 2.05) is 0 Å². The van der Waals surface area contributed by atoms with Gasteiger partial charge in [-0.15, -0.1) is 0 Å². The van der Waals surface area contributed by atoms with Gasteiger partial charge in [0, 0.05) is 29.1 Å². The Morgan fingerprint density at radius 1 is 1.26 bits per heavy atom. The van der Waals surface area contributed by atoms with Crippen LogP contribution in [0.2, 0.25) is 0 Å². The van der Waals surface area contributed by atoms with Crippen molar-refractivity contribution in [3.63, 3.8) is 0 Å². The predicted octanol–water partition coefficient (Wildman–Crippen LogP) is 2.24. The molecule has 2 rings (SSSR count). The Morgan fingerprint density at radius 3 is 2.52 bits per heavy atom. The molecule has 0 aliphatic heterocycles. The summed E-state index contributed by atoms with van der Waals surface area (Å²) in [5.41, 5.74) is 1.32. The molecule has 0 fully saturated rings. The summed E-state index contributed by atoms with van der Waals surface area (Å²) in [7, 11) is -3.52. The summed E-state index contributed by atoms with van der Waals surface area (Å²) in [5, 5.41) is 2.68. The number of rotatable bonds is 6. The largest absolute Gasteiger partial charge is 0.325 e. The number of anilines is 1. The van der Waals surface area contributed by atoms with Gasteiger partial charge < -0.3 is 5.32 Å². The first-order valence-corrected chi connectivity index (χ1v) is 9.38. The van der Waals surface area contributed by atoms with Gasteiger partial charge in [0.05, 0.1) is 12.8 Å². The molecule has 0 spiro atoms. The summed E-state index contributed by atoms with van der Waals surface area (Å²) >= 11 is 3.31. The maximum Gasteiger partial charge on any atom is 0.239 e. The van der Waals surface area contributed by atoms with Gasteiger partial charge in [-0.25, -0.2) is 8.42 Å². The Morgan fingerprint density at radius 2 is 1.96 bits per heavy atom. The lowest BCUT2D eigenvalue weighted by Crippen LogP contribution is -2.36. The zero-order valence-electron chi connectivity index (χ0n) is 12.4. The number of halogens is 1. The number of hydrogen-bond donors (Lipinski definition) is 1. The van der Waals surface area contributed by atoms with Crippen LogP contribution in [-0.2, 0) is 21.4 Å². The van der Waals surface area contributed by atoms with Crippen molar-refractivity contribution in [1.82, 2.24) is 9.29 Å². The van der Waals surface area contributed by atoms with E-state index in [1.165, 1.54) is 0 Å². The molecule has 0 aliphatic rings. The fourth-order valence-electron chi connectivity index (χ4n) is 1.88. The van der Waals surface area contributed by atoms with Crippen molar-refractivity contribution >= 4 is 37.5 Å². The summed E-state index contributed by atoms with van der Waals surface area (Å²) in [6.07, 6.45) is 4.26. The fraction of sp³-hybridized carbons (Fsp3) is 0.200. The molecule has 2 aromatic rings. The SMILES string of the molecule is CS(=O)(=O)N(CC(=O)Nc1ccc(Br)cc1)Cc1cccnc1. The lowest BCUT2D eigenvalue weighted by Gasteiger charge is -2.19. The van der Waals surface area contributed by atoms with Gasteiger partial charge in [-0.3, -0.25) is 9.78 Å². The molecule has 122 valence electrons. The number of sulfonamides is 1. The second kappa shape index (κ2) is 7.67. The van der Waals surface area contributed by atoms with E-state index >= 15 is 0 Å². The highest BCUT2D eigenvalue weighted by atomic mass is 79.9. The maximum absolute atomic E-state index is 12.1. The van der Waals surface area contributed by atoms with Gasteiger partial charge >= 0.3 is 0 Å². The average Bonchev–Trinajstić information content (AvgIpc) is 2.49. The van der Waals surface area contributed by atoms with Crippen molar-refractivity contribution < 1.29 is 13.2 Å². The van der Waals surface area contributed by atoms with Gasteiger partial charge in [0.1, 0.15) is 0 Å². The molecule has 8 heteroatoms. The Labute approximate surface area is 143 Å². The maximum atomic E-state index is 12.1. The van der Waals surface area contributed by atoms with E-state index in [1.54, 1.807) is 48.8 Å². The second-order valence-electron chi connectivity index (χ2n) is 4.95. The third-order valence-corrected chi connectivity index (χ3v) is 4.72. The summed E-state index contributed by atoms with van der Waals surface area (Å²) in [5.74, 6) is -0.401. The minimum Gasteiger partial charge on any atom is -0.325 e. The molecule has 0 unspecified atom stereocenters. The third kappa shape index (κ3) is 5.74. The zero-order valence-corrected chi connectivity index (χ0v) is 14.8. The van der Waals surface area contributed by atoms with Crippen LogP contribution in [0, 0.1) is 0 Å². The van der Waals surface area contributed by atoms with Crippen LogP contribution in [0.1, 0.15) is 5.56 Å². The fourth-order valence-corrected chi connectivity index (χ4v) is 2.88. The van der Waals surface area contributed by atoms with Crippen LogP contribution in [0.5, 0.6) is 0 Å². The van der Waals surface area contributed by atoms with Crippen molar-refractivity contribution in [2.75, 3.05) is 18.1 Å². The number of nitrogens with one attached hydrogen (secondary N) is 1. The molecule has 1 N–H and O–H groups in total. The lowest BCUT2D eigenvalue weighted by atomic mass is 10.3. The first-order chi connectivity index (χ1) is 10.8. The molecular weight excluding hydrogens is 382 g/mol. The van der Waals surface area contributed by atoms with Crippen molar-refractivity contribution in [3.05, 3.63) is 58.8 Å². The van der Waals surface area contributed by atoms with Gasteiger partial charge in [-0.1, -0.05) is 22.0 Å². The van der Waals surface area contributed by atoms with E-state index in [2.05, 4.69) is 26.2 Å². The average molecular weight is 398 g/mol. The van der Waals surface area contributed by atoms with E-state index in [0.717, 1.165) is 20.6 Å². The molecule has 0 aliphatic carbocycles. The van der Waals surface area contributed by atoms with Crippen LogP contribution in [0.3, 0.4) is 0 Å². The summed E-state index contributed by atoms with van der Waals surface area (Å²) in [6.45, 7) is -0.162. The van der Waals surface area contributed by atoms with Gasteiger partial charge in [0.2, 0.25) is 15.9 Å². The molecule has 0 bridgehead atoms. The van der Waals surface area contributed by atoms with Crippen molar-refractivity contribution in [3.8, 4) is 0 Å². The van der Waals surface area contributed by atoms with Crippen LogP contribution >= 0.6 is 15.9 Å². The van der Waals surface area contributed by atoms with E-state index in [-0.39, 0.29) is 13.1 Å². The quantitative estimate of drug-likeness (QED) is 0.810. The normalized spacial score (nSPS) is 11.4. The number of benzene rings is 1. The molecule has 0 saturated carbocycles.